The first kappa shape index (κ1) is 12.6. The third-order valence-corrected chi connectivity index (χ3v) is 4.47. The summed E-state index contributed by atoms with van der Waals surface area (Å²) in [5.41, 5.74) is 0.635. The largest absolute Gasteiger partial charge is 0.301 e. The van der Waals surface area contributed by atoms with Crippen molar-refractivity contribution in [1.29, 1.82) is 0 Å². The minimum Gasteiger partial charge on any atom is -0.301 e. The van der Waals surface area contributed by atoms with Crippen LogP contribution in [0.4, 0.5) is 0 Å². The van der Waals surface area contributed by atoms with Crippen LogP contribution in [0.15, 0.2) is 33.7 Å². The zero-order chi connectivity index (χ0) is 12.3. The molecule has 0 radical (unpaired) electrons. The third kappa shape index (κ3) is 3.10. The highest BCUT2D eigenvalue weighted by molar-refractivity contribution is 9.10. The molecule has 1 aliphatic heterocycles. The lowest BCUT2D eigenvalue weighted by atomic mass is 10.2. The lowest BCUT2D eigenvalue weighted by molar-refractivity contribution is 0.0977. The first-order chi connectivity index (χ1) is 8.20. The molecule has 2 rings (SSSR count). The van der Waals surface area contributed by atoms with E-state index >= 15 is 0 Å². The number of carbonyl (C=O) groups is 1. The van der Waals surface area contributed by atoms with Gasteiger partial charge in [0.15, 0.2) is 5.17 Å². The Morgan fingerprint density at radius 3 is 3.00 bits per heavy atom. The molecule has 1 N–H and O–H groups in total. The number of hydrogen-bond donors (Lipinski definition) is 1. The molecule has 0 fully saturated rings. The molecule has 0 aliphatic carbocycles. The lowest BCUT2D eigenvalue weighted by Crippen LogP contribution is -2.27. The van der Waals surface area contributed by atoms with E-state index in [1.54, 1.807) is 17.8 Å². The van der Waals surface area contributed by atoms with Crippen molar-refractivity contribution in [1.82, 2.24) is 5.32 Å². The molecule has 0 saturated heterocycles. The number of carbonyl (C=O) groups excluding carboxylic acids is 1. The number of amides is 1. The van der Waals surface area contributed by atoms with Crippen LogP contribution in [0.2, 0.25) is 0 Å². The number of thioether (sulfide) groups is 1. The Morgan fingerprint density at radius 1 is 1.59 bits per heavy atom. The van der Waals surface area contributed by atoms with E-state index in [4.69, 9.17) is 0 Å². The monoisotopic (exact) mass is 312 g/mol. The van der Waals surface area contributed by atoms with E-state index in [2.05, 4.69) is 33.2 Å². The maximum absolute atomic E-state index is 12.0. The normalized spacial score (nSPS) is 18.9. The minimum absolute atomic E-state index is 0.111. The maximum atomic E-state index is 12.0. The SMILES string of the molecule is CCC1CN=C(NC(=O)c2ccccc2Br)S1. The van der Waals surface area contributed by atoms with Gasteiger partial charge >= 0.3 is 0 Å². The van der Waals surface area contributed by atoms with Crippen molar-refractivity contribution < 1.29 is 4.79 Å². The van der Waals surface area contributed by atoms with E-state index in [1.807, 2.05) is 18.2 Å². The van der Waals surface area contributed by atoms with Gasteiger partial charge in [0.2, 0.25) is 0 Å². The molecule has 1 unspecified atom stereocenters. The Morgan fingerprint density at radius 2 is 2.35 bits per heavy atom. The highest BCUT2D eigenvalue weighted by atomic mass is 79.9. The smallest absolute Gasteiger partial charge is 0.258 e. The second-order valence-corrected chi connectivity index (χ2v) is 5.87. The number of amidine groups is 1. The average Bonchev–Trinajstić information content (AvgIpc) is 2.77. The second-order valence-electron chi connectivity index (χ2n) is 3.73. The Bertz CT molecular complexity index is 462. The summed E-state index contributed by atoms with van der Waals surface area (Å²) < 4.78 is 0.799. The number of nitrogens with zero attached hydrogens (tertiary/aromatic N) is 1. The molecule has 0 aromatic heterocycles. The first-order valence-corrected chi connectivity index (χ1v) is 7.15. The Kier molecular flexibility index (Phi) is 4.23. The number of hydrogen-bond acceptors (Lipinski definition) is 3. The number of aliphatic imine (C=N–C) groups is 1. The fourth-order valence-corrected chi connectivity index (χ4v) is 2.91. The Hall–Kier alpha value is -0.810. The predicted octanol–water partition coefficient (Wildman–Crippen LogP) is 3.06. The fraction of sp³-hybridized carbons (Fsp3) is 0.333. The quantitative estimate of drug-likeness (QED) is 0.912. The van der Waals surface area contributed by atoms with Crippen LogP contribution in [0.1, 0.15) is 23.7 Å². The van der Waals surface area contributed by atoms with Gasteiger partial charge in [0, 0.05) is 9.72 Å². The molecular weight excluding hydrogens is 300 g/mol. The number of nitrogens with one attached hydrogen (secondary N) is 1. The Balaban J connectivity index is 2.01. The highest BCUT2D eigenvalue weighted by Crippen LogP contribution is 2.23. The molecular formula is C12H13BrN2OS. The summed E-state index contributed by atoms with van der Waals surface area (Å²) in [4.78, 5) is 16.3. The third-order valence-electron chi connectivity index (χ3n) is 2.51. The van der Waals surface area contributed by atoms with Crippen LogP contribution < -0.4 is 5.32 Å². The first-order valence-electron chi connectivity index (χ1n) is 5.47. The van der Waals surface area contributed by atoms with Crippen LogP contribution in [-0.4, -0.2) is 22.9 Å². The molecule has 1 aromatic rings. The number of benzene rings is 1. The summed E-state index contributed by atoms with van der Waals surface area (Å²) in [7, 11) is 0. The minimum atomic E-state index is -0.111. The van der Waals surface area contributed by atoms with Crippen molar-refractivity contribution in [3.05, 3.63) is 34.3 Å². The van der Waals surface area contributed by atoms with Gasteiger partial charge in [-0.05, 0) is 34.5 Å². The van der Waals surface area contributed by atoms with Gasteiger partial charge in [-0.3, -0.25) is 9.79 Å². The van der Waals surface area contributed by atoms with Crippen molar-refractivity contribution in [3.63, 3.8) is 0 Å². The summed E-state index contributed by atoms with van der Waals surface area (Å²) in [5.74, 6) is -0.111. The van der Waals surface area contributed by atoms with E-state index in [0.29, 0.717) is 10.8 Å². The Labute approximate surface area is 113 Å². The van der Waals surface area contributed by atoms with Gasteiger partial charge in [-0.1, -0.05) is 30.8 Å². The van der Waals surface area contributed by atoms with Gasteiger partial charge in [0.05, 0.1) is 12.1 Å². The highest BCUT2D eigenvalue weighted by Gasteiger charge is 2.20. The number of halogens is 1. The van der Waals surface area contributed by atoms with Crippen molar-refractivity contribution in [2.45, 2.75) is 18.6 Å². The van der Waals surface area contributed by atoms with Gasteiger partial charge in [-0.15, -0.1) is 0 Å². The molecule has 1 heterocycles. The van der Waals surface area contributed by atoms with Gasteiger partial charge < -0.3 is 5.32 Å². The molecule has 1 amide bonds. The molecule has 1 aliphatic rings. The van der Waals surface area contributed by atoms with E-state index in [9.17, 15) is 4.79 Å². The van der Waals surface area contributed by atoms with Crippen molar-refractivity contribution in [3.8, 4) is 0 Å². The molecule has 90 valence electrons. The zero-order valence-electron chi connectivity index (χ0n) is 9.44. The van der Waals surface area contributed by atoms with Gasteiger partial charge in [-0.2, -0.15) is 0 Å². The van der Waals surface area contributed by atoms with Crippen LogP contribution in [0.3, 0.4) is 0 Å². The van der Waals surface area contributed by atoms with Crippen LogP contribution in [0.5, 0.6) is 0 Å². The van der Waals surface area contributed by atoms with Crippen LogP contribution in [0, 0.1) is 0 Å². The van der Waals surface area contributed by atoms with E-state index in [0.717, 1.165) is 22.6 Å². The van der Waals surface area contributed by atoms with E-state index in [-0.39, 0.29) is 5.91 Å². The number of rotatable bonds is 2. The van der Waals surface area contributed by atoms with Gasteiger partial charge in [-0.25, -0.2) is 0 Å². The fourth-order valence-electron chi connectivity index (χ4n) is 1.51. The molecule has 1 atom stereocenters. The maximum Gasteiger partial charge on any atom is 0.258 e. The van der Waals surface area contributed by atoms with Crippen molar-refractivity contribution >= 4 is 38.8 Å². The van der Waals surface area contributed by atoms with Crippen molar-refractivity contribution in [2.24, 2.45) is 4.99 Å². The van der Waals surface area contributed by atoms with Crippen molar-refractivity contribution in [2.75, 3.05) is 6.54 Å². The second kappa shape index (κ2) is 5.69. The predicted molar refractivity (Wildman–Crippen MR) is 75.6 cm³/mol. The standard InChI is InChI=1S/C12H13BrN2OS/c1-2-8-7-14-12(17-8)15-11(16)9-5-3-4-6-10(9)13/h3-6,8H,2,7H2,1H3,(H,14,15,16). The molecule has 17 heavy (non-hydrogen) atoms. The summed E-state index contributed by atoms with van der Waals surface area (Å²) >= 11 is 5.01. The molecule has 0 bridgehead atoms. The van der Waals surface area contributed by atoms with Gasteiger partial charge in [0.1, 0.15) is 0 Å². The summed E-state index contributed by atoms with van der Waals surface area (Å²) in [6.45, 7) is 2.93. The molecule has 5 heteroatoms. The molecule has 0 spiro atoms. The molecule has 0 saturated carbocycles. The summed E-state index contributed by atoms with van der Waals surface area (Å²) in [5, 5.41) is 4.08. The summed E-state index contributed by atoms with van der Waals surface area (Å²) in [6.07, 6.45) is 1.07. The average molecular weight is 313 g/mol. The molecule has 3 nitrogen and oxygen atoms in total. The topological polar surface area (TPSA) is 41.5 Å². The van der Waals surface area contributed by atoms with E-state index in [1.165, 1.54) is 0 Å². The van der Waals surface area contributed by atoms with Crippen LogP contribution in [0.25, 0.3) is 0 Å². The zero-order valence-corrected chi connectivity index (χ0v) is 11.8. The summed E-state index contributed by atoms with van der Waals surface area (Å²) in [6, 6.07) is 7.37. The van der Waals surface area contributed by atoms with Crippen LogP contribution >= 0.6 is 27.7 Å². The van der Waals surface area contributed by atoms with Gasteiger partial charge in [0.25, 0.3) is 5.91 Å². The van der Waals surface area contributed by atoms with Crippen LogP contribution in [-0.2, 0) is 0 Å². The van der Waals surface area contributed by atoms with E-state index < -0.39 is 0 Å². The molecule has 1 aromatic carbocycles. The lowest BCUT2D eigenvalue weighted by Gasteiger charge is -2.07.